The molecule has 0 unspecified atom stereocenters. The lowest BCUT2D eigenvalue weighted by Gasteiger charge is -2.22. The van der Waals surface area contributed by atoms with Gasteiger partial charge in [0.1, 0.15) is 0 Å². The maximum atomic E-state index is 6.96. The molecular formula is C10H17BrN2. The number of rotatable bonds is 4. The van der Waals surface area contributed by atoms with Gasteiger partial charge in [0.2, 0.25) is 0 Å². The van der Waals surface area contributed by atoms with E-state index in [1.807, 2.05) is 6.20 Å². The third kappa shape index (κ3) is 3.51. The Balaban J connectivity index is 2.29. The molecule has 0 aromatic rings. The molecule has 74 valence electrons. The second kappa shape index (κ2) is 4.80. The number of nitrogens with one attached hydrogen (secondary N) is 2. The molecule has 0 saturated heterocycles. The summed E-state index contributed by atoms with van der Waals surface area (Å²) in [5.41, 5.74) is 0.478. The predicted molar refractivity (Wildman–Crippen MR) is 60.4 cm³/mol. The minimum Gasteiger partial charge on any atom is -0.389 e. The Morgan fingerprint density at radius 1 is 1.54 bits per heavy atom. The summed E-state index contributed by atoms with van der Waals surface area (Å²) in [7, 11) is 0. The van der Waals surface area contributed by atoms with Crippen molar-refractivity contribution in [3.63, 3.8) is 0 Å². The molecule has 1 rings (SSSR count). The van der Waals surface area contributed by atoms with Crippen LogP contribution in [-0.2, 0) is 0 Å². The summed E-state index contributed by atoms with van der Waals surface area (Å²) in [4.78, 5) is 0. The van der Waals surface area contributed by atoms with Gasteiger partial charge >= 0.3 is 0 Å². The molecule has 0 radical (unpaired) electrons. The van der Waals surface area contributed by atoms with Gasteiger partial charge in [-0.1, -0.05) is 19.8 Å². The van der Waals surface area contributed by atoms with Crippen LogP contribution in [-0.4, -0.2) is 12.8 Å². The highest BCUT2D eigenvalue weighted by atomic mass is 79.9. The molecule has 1 aliphatic carbocycles. The van der Waals surface area contributed by atoms with Gasteiger partial charge in [0.15, 0.2) is 0 Å². The summed E-state index contributed by atoms with van der Waals surface area (Å²) >= 11 is 3.26. The molecule has 2 nitrogen and oxygen atoms in total. The number of hydrogen-bond donors (Lipinski definition) is 2. The SMILES string of the molecule is CC1(CN/C=C(/Br)C=N)CCCC1. The zero-order valence-corrected chi connectivity index (χ0v) is 9.65. The summed E-state index contributed by atoms with van der Waals surface area (Å²) in [6, 6.07) is 0. The molecule has 0 amide bonds. The highest BCUT2D eigenvalue weighted by Crippen LogP contribution is 2.36. The molecule has 1 saturated carbocycles. The summed E-state index contributed by atoms with van der Waals surface area (Å²) in [6.07, 6.45) is 8.55. The van der Waals surface area contributed by atoms with Gasteiger partial charge in [-0.3, -0.25) is 0 Å². The molecule has 0 aliphatic heterocycles. The van der Waals surface area contributed by atoms with Gasteiger partial charge in [0, 0.05) is 19.0 Å². The van der Waals surface area contributed by atoms with E-state index in [-0.39, 0.29) is 0 Å². The monoisotopic (exact) mass is 244 g/mol. The lowest BCUT2D eigenvalue weighted by atomic mass is 9.89. The Hall–Kier alpha value is -0.310. The third-order valence-corrected chi connectivity index (χ3v) is 3.18. The minimum atomic E-state index is 0.478. The highest BCUT2D eigenvalue weighted by molar-refractivity contribution is 9.12. The van der Waals surface area contributed by atoms with Crippen LogP contribution in [0.15, 0.2) is 10.7 Å². The third-order valence-electron chi connectivity index (χ3n) is 2.72. The minimum absolute atomic E-state index is 0.478. The summed E-state index contributed by atoms with van der Waals surface area (Å²) in [5, 5.41) is 10.2. The van der Waals surface area contributed by atoms with Gasteiger partial charge in [0.25, 0.3) is 0 Å². The van der Waals surface area contributed by atoms with Crippen LogP contribution in [0.5, 0.6) is 0 Å². The van der Waals surface area contributed by atoms with Gasteiger partial charge in [-0.15, -0.1) is 0 Å². The van der Waals surface area contributed by atoms with E-state index < -0.39 is 0 Å². The van der Waals surface area contributed by atoms with Gasteiger partial charge < -0.3 is 10.7 Å². The molecule has 1 aliphatic rings. The topological polar surface area (TPSA) is 35.9 Å². The van der Waals surface area contributed by atoms with Crippen LogP contribution < -0.4 is 5.32 Å². The van der Waals surface area contributed by atoms with E-state index in [9.17, 15) is 0 Å². The van der Waals surface area contributed by atoms with Crippen molar-refractivity contribution in [1.82, 2.24) is 5.32 Å². The Labute approximate surface area is 88.4 Å². The molecule has 0 aromatic heterocycles. The Kier molecular flexibility index (Phi) is 3.97. The normalized spacial score (nSPS) is 21.5. The van der Waals surface area contributed by atoms with Crippen LogP contribution in [0.3, 0.4) is 0 Å². The van der Waals surface area contributed by atoms with Crippen LogP contribution in [0.25, 0.3) is 0 Å². The van der Waals surface area contributed by atoms with E-state index in [0.29, 0.717) is 5.41 Å². The average molecular weight is 245 g/mol. The molecular weight excluding hydrogens is 228 g/mol. The molecule has 0 aromatic carbocycles. The second-order valence-electron chi connectivity index (χ2n) is 4.07. The van der Waals surface area contributed by atoms with Crippen molar-refractivity contribution < 1.29 is 0 Å². The standard InChI is InChI=1S/C10H17BrN2/c1-10(4-2-3-5-10)8-13-7-9(11)6-12/h6-7,12-13H,2-5,8H2,1H3/b9-7+,12-6?. The van der Waals surface area contributed by atoms with Crippen molar-refractivity contribution in [3.05, 3.63) is 10.7 Å². The first-order valence-corrected chi connectivity index (χ1v) is 5.55. The summed E-state index contributed by atoms with van der Waals surface area (Å²) in [6.45, 7) is 3.36. The molecule has 13 heavy (non-hydrogen) atoms. The zero-order valence-electron chi connectivity index (χ0n) is 8.07. The lowest BCUT2D eigenvalue weighted by molar-refractivity contribution is 0.331. The molecule has 3 heteroatoms. The molecule has 0 bridgehead atoms. The molecule has 0 atom stereocenters. The highest BCUT2D eigenvalue weighted by Gasteiger charge is 2.27. The van der Waals surface area contributed by atoms with Crippen LogP contribution >= 0.6 is 15.9 Å². The summed E-state index contributed by atoms with van der Waals surface area (Å²) in [5.74, 6) is 0. The molecule has 0 heterocycles. The van der Waals surface area contributed by atoms with Gasteiger partial charge in [0.05, 0.1) is 4.48 Å². The number of allylic oxidation sites excluding steroid dienone is 1. The molecule has 2 N–H and O–H groups in total. The van der Waals surface area contributed by atoms with E-state index in [1.165, 1.54) is 31.9 Å². The average Bonchev–Trinajstić information content (AvgIpc) is 2.52. The molecule has 0 spiro atoms. The fourth-order valence-electron chi connectivity index (χ4n) is 1.84. The summed E-state index contributed by atoms with van der Waals surface area (Å²) < 4.78 is 0.800. The number of hydrogen-bond acceptors (Lipinski definition) is 2. The predicted octanol–water partition coefficient (Wildman–Crippen LogP) is 3.04. The van der Waals surface area contributed by atoms with Gasteiger partial charge in [-0.05, 0) is 34.2 Å². The van der Waals surface area contributed by atoms with Crippen LogP contribution in [0.2, 0.25) is 0 Å². The van der Waals surface area contributed by atoms with E-state index in [2.05, 4.69) is 28.2 Å². The van der Waals surface area contributed by atoms with Crippen molar-refractivity contribution in [2.24, 2.45) is 5.41 Å². The second-order valence-corrected chi connectivity index (χ2v) is 4.99. The van der Waals surface area contributed by atoms with E-state index in [0.717, 1.165) is 11.0 Å². The Morgan fingerprint density at radius 2 is 2.15 bits per heavy atom. The Morgan fingerprint density at radius 3 is 2.69 bits per heavy atom. The fraction of sp³-hybridized carbons (Fsp3) is 0.700. The van der Waals surface area contributed by atoms with Crippen LogP contribution in [0, 0.1) is 10.8 Å². The number of halogens is 1. The first-order valence-electron chi connectivity index (χ1n) is 4.76. The zero-order chi connectivity index (χ0) is 9.73. The van der Waals surface area contributed by atoms with E-state index >= 15 is 0 Å². The fourth-order valence-corrected chi connectivity index (χ4v) is 2.00. The van der Waals surface area contributed by atoms with Crippen molar-refractivity contribution in [2.45, 2.75) is 32.6 Å². The Bertz CT molecular complexity index is 205. The maximum absolute atomic E-state index is 6.96. The van der Waals surface area contributed by atoms with Crippen molar-refractivity contribution in [1.29, 1.82) is 5.41 Å². The largest absolute Gasteiger partial charge is 0.389 e. The van der Waals surface area contributed by atoms with Crippen LogP contribution in [0.1, 0.15) is 32.6 Å². The van der Waals surface area contributed by atoms with Gasteiger partial charge in [-0.2, -0.15) is 0 Å². The lowest BCUT2D eigenvalue weighted by Crippen LogP contribution is -2.26. The van der Waals surface area contributed by atoms with Gasteiger partial charge in [-0.25, -0.2) is 0 Å². The van der Waals surface area contributed by atoms with E-state index in [4.69, 9.17) is 5.41 Å². The van der Waals surface area contributed by atoms with Crippen molar-refractivity contribution in [3.8, 4) is 0 Å². The maximum Gasteiger partial charge on any atom is 0.0507 e. The van der Waals surface area contributed by atoms with Crippen molar-refractivity contribution >= 4 is 22.1 Å². The quantitative estimate of drug-likeness (QED) is 0.734. The first-order chi connectivity index (χ1) is 6.16. The smallest absolute Gasteiger partial charge is 0.0507 e. The molecule has 1 fully saturated rings. The first kappa shape index (κ1) is 10.8. The van der Waals surface area contributed by atoms with E-state index in [1.54, 1.807) is 0 Å². The van der Waals surface area contributed by atoms with Crippen molar-refractivity contribution in [2.75, 3.05) is 6.54 Å². The van der Waals surface area contributed by atoms with Crippen LogP contribution in [0.4, 0.5) is 0 Å².